The zero-order valence-electron chi connectivity index (χ0n) is 14.7. The van der Waals surface area contributed by atoms with Crippen LogP contribution in [0.25, 0.3) is 0 Å². The van der Waals surface area contributed by atoms with Crippen LogP contribution in [0, 0.1) is 0 Å². The van der Waals surface area contributed by atoms with Gasteiger partial charge in [-0.25, -0.2) is 9.69 Å². The van der Waals surface area contributed by atoms with Gasteiger partial charge in [0.1, 0.15) is 10.7 Å². The highest BCUT2D eigenvalue weighted by atomic mass is 35.5. The normalized spacial score (nSPS) is 14.1. The summed E-state index contributed by atoms with van der Waals surface area (Å²) in [5, 5.41) is 2.67. The number of ether oxygens (including phenoxy) is 1. The number of hydrogen-bond acceptors (Lipinski definition) is 5. The van der Waals surface area contributed by atoms with Crippen molar-refractivity contribution in [3.8, 4) is 0 Å². The van der Waals surface area contributed by atoms with E-state index in [9.17, 15) is 14.4 Å². The summed E-state index contributed by atoms with van der Waals surface area (Å²) in [4.78, 5) is 37.9. The molecule has 3 rings (SSSR count). The number of carbonyl (C=O) groups excluding carboxylic acids is 3. The van der Waals surface area contributed by atoms with E-state index in [1.807, 2.05) is 0 Å². The topological polar surface area (TPSA) is 75.7 Å². The van der Waals surface area contributed by atoms with Crippen molar-refractivity contribution in [1.82, 2.24) is 0 Å². The third kappa shape index (κ3) is 3.85. The number of carbonyl (C=O) groups is 3. The number of esters is 1. The fourth-order valence-electron chi connectivity index (χ4n) is 2.54. The van der Waals surface area contributed by atoms with Gasteiger partial charge in [0.2, 0.25) is 0 Å². The molecular formula is C20H17ClN2O4. The van der Waals surface area contributed by atoms with Crippen molar-refractivity contribution in [3.63, 3.8) is 0 Å². The van der Waals surface area contributed by atoms with Crippen LogP contribution in [0.4, 0.5) is 11.4 Å². The first kappa shape index (κ1) is 18.7. The lowest BCUT2D eigenvalue weighted by Crippen LogP contribution is -2.32. The average molecular weight is 385 g/mol. The van der Waals surface area contributed by atoms with Crippen LogP contribution >= 0.6 is 11.6 Å². The van der Waals surface area contributed by atoms with E-state index in [0.29, 0.717) is 16.9 Å². The molecule has 1 N–H and O–H groups in total. The molecule has 0 fully saturated rings. The molecule has 27 heavy (non-hydrogen) atoms. The number of anilines is 2. The molecule has 2 aromatic carbocycles. The predicted molar refractivity (Wildman–Crippen MR) is 102 cm³/mol. The zero-order valence-corrected chi connectivity index (χ0v) is 15.5. The quantitative estimate of drug-likeness (QED) is 0.628. The Morgan fingerprint density at radius 3 is 2.22 bits per heavy atom. The molecule has 0 saturated carbocycles. The number of imide groups is 1. The van der Waals surface area contributed by atoms with Crippen LogP contribution in [0.3, 0.4) is 0 Å². The summed E-state index contributed by atoms with van der Waals surface area (Å²) < 4.78 is 5.13. The molecule has 0 atom stereocenters. The average Bonchev–Trinajstić information content (AvgIpc) is 2.86. The smallest absolute Gasteiger partial charge is 0.338 e. The number of nitrogens with one attached hydrogen (secondary N) is 1. The molecule has 0 bridgehead atoms. The Hall–Kier alpha value is -3.12. The summed E-state index contributed by atoms with van der Waals surface area (Å²) in [6.07, 6.45) is -0.217. The molecule has 0 unspecified atom stereocenters. The predicted octanol–water partition coefficient (Wildman–Crippen LogP) is 3.69. The summed E-state index contributed by atoms with van der Waals surface area (Å²) in [5.74, 6) is -1.57. The van der Waals surface area contributed by atoms with E-state index in [-0.39, 0.29) is 16.8 Å². The Morgan fingerprint density at radius 2 is 1.63 bits per heavy atom. The molecule has 0 aliphatic carbocycles. The molecule has 0 spiro atoms. The van der Waals surface area contributed by atoms with E-state index in [2.05, 4.69) is 5.32 Å². The molecule has 7 heteroatoms. The van der Waals surface area contributed by atoms with Crippen molar-refractivity contribution in [1.29, 1.82) is 0 Å². The summed E-state index contributed by atoms with van der Waals surface area (Å²) in [7, 11) is 0. The first-order valence-electron chi connectivity index (χ1n) is 8.30. The lowest BCUT2D eigenvalue weighted by Gasteiger charge is -2.15. The Morgan fingerprint density at radius 1 is 1.00 bits per heavy atom. The lowest BCUT2D eigenvalue weighted by atomic mass is 10.2. The van der Waals surface area contributed by atoms with E-state index in [4.69, 9.17) is 16.3 Å². The van der Waals surface area contributed by atoms with Crippen LogP contribution in [0.5, 0.6) is 0 Å². The SMILES string of the molecule is CC(C)OC(=O)c1ccc(NC2=C(Cl)C(=O)N(c3ccccc3)C2=O)cc1. The van der Waals surface area contributed by atoms with Gasteiger partial charge in [-0.3, -0.25) is 9.59 Å². The highest BCUT2D eigenvalue weighted by Crippen LogP contribution is 2.29. The second-order valence-electron chi connectivity index (χ2n) is 6.13. The number of rotatable bonds is 5. The minimum absolute atomic E-state index is 0.0111. The van der Waals surface area contributed by atoms with Crippen molar-refractivity contribution in [2.45, 2.75) is 20.0 Å². The van der Waals surface area contributed by atoms with Crippen LogP contribution in [0.15, 0.2) is 65.3 Å². The molecule has 138 valence electrons. The second-order valence-corrected chi connectivity index (χ2v) is 6.50. The Labute approximate surface area is 161 Å². The highest BCUT2D eigenvalue weighted by Gasteiger charge is 2.38. The largest absolute Gasteiger partial charge is 0.459 e. The van der Waals surface area contributed by atoms with Crippen LogP contribution in [0.2, 0.25) is 0 Å². The molecule has 2 amide bonds. The minimum Gasteiger partial charge on any atom is -0.459 e. The molecule has 1 aliphatic rings. The van der Waals surface area contributed by atoms with Gasteiger partial charge < -0.3 is 10.1 Å². The monoisotopic (exact) mass is 384 g/mol. The molecule has 2 aromatic rings. The molecule has 1 heterocycles. The van der Waals surface area contributed by atoms with E-state index in [1.165, 1.54) is 0 Å². The summed E-state index contributed by atoms with van der Waals surface area (Å²) >= 11 is 6.09. The maximum atomic E-state index is 12.7. The standard InChI is InChI=1S/C20H17ClN2O4/c1-12(2)27-20(26)13-8-10-14(11-9-13)22-17-16(21)18(24)23(19(17)25)15-6-4-3-5-7-15/h3-12,22H,1-2H3. The van der Waals surface area contributed by atoms with Crippen LogP contribution < -0.4 is 10.2 Å². The number of nitrogens with zero attached hydrogens (tertiary/aromatic N) is 1. The Balaban J connectivity index is 1.78. The number of hydrogen-bond donors (Lipinski definition) is 1. The van der Waals surface area contributed by atoms with Gasteiger partial charge >= 0.3 is 5.97 Å². The van der Waals surface area contributed by atoms with Crippen LogP contribution in [0.1, 0.15) is 24.2 Å². The summed E-state index contributed by atoms with van der Waals surface area (Å²) in [5.41, 5.74) is 1.33. The molecular weight excluding hydrogens is 368 g/mol. The Kier molecular flexibility index (Phi) is 5.28. The number of amides is 2. The van der Waals surface area contributed by atoms with Gasteiger partial charge in [0, 0.05) is 5.69 Å². The van der Waals surface area contributed by atoms with Gasteiger partial charge in [0.15, 0.2) is 0 Å². The first-order chi connectivity index (χ1) is 12.9. The lowest BCUT2D eigenvalue weighted by molar-refractivity contribution is -0.120. The van der Waals surface area contributed by atoms with Crippen LogP contribution in [-0.4, -0.2) is 23.9 Å². The van der Waals surface area contributed by atoms with Crippen molar-refractivity contribution < 1.29 is 19.1 Å². The number of para-hydroxylation sites is 1. The maximum absolute atomic E-state index is 12.7. The van der Waals surface area contributed by atoms with E-state index in [0.717, 1.165) is 4.90 Å². The molecule has 0 saturated heterocycles. The second kappa shape index (κ2) is 7.63. The van der Waals surface area contributed by atoms with E-state index in [1.54, 1.807) is 68.4 Å². The minimum atomic E-state index is -0.590. The molecule has 6 nitrogen and oxygen atoms in total. The van der Waals surface area contributed by atoms with E-state index < -0.39 is 17.8 Å². The van der Waals surface area contributed by atoms with Gasteiger partial charge in [0.25, 0.3) is 11.8 Å². The third-order valence-electron chi connectivity index (χ3n) is 3.77. The molecule has 0 radical (unpaired) electrons. The summed E-state index contributed by atoms with van der Waals surface area (Å²) in [6, 6.07) is 14.9. The van der Waals surface area contributed by atoms with Crippen molar-refractivity contribution >= 4 is 40.8 Å². The van der Waals surface area contributed by atoms with Crippen molar-refractivity contribution in [2.24, 2.45) is 0 Å². The van der Waals surface area contributed by atoms with Gasteiger partial charge in [-0.15, -0.1) is 0 Å². The fraction of sp³-hybridized carbons (Fsp3) is 0.150. The molecule has 1 aliphatic heterocycles. The van der Waals surface area contributed by atoms with Gasteiger partial charge in [-0.05, 0) is 50.2 Å². The van der Waals surface area contributed by atoms with Crippen molar-refractivity contribution in [3.05, 3.63) is 70.9 Å². The van der Waals surface area contributed by atoms with Gasteiger partial charge in [0.05, 0.1) is 17.4 Å². The maximum Gasteiger partial charge on any atom is 0.338 e. The Bertz CT molecular complexity index is 921. The van der Waals surface area contributed by atoms with Crippen molar-refractivity contribution in [2.75, 3.05) is 10.2 Å². The summed E-state index contributed by atoms with van der Waals surface area (Å²) in [6.45, 7) is 3.53. The zero-order chi connectivity index (χ0) is 19.6. The van der Waals surface area contributed by atoms with Gasteiger partial charge in [-0.2, -0.15) is 0 Å². The third-order valence-corrected chi connectivity index (χ3v) is 4.13. The fourth-order valence-corrected chi connectivity index (χ4v) is 2.75. The molecule has 0 aromatic heterocycles. The highest BCUT2D eigenvalue weighted by molar-refractivity contribution is 6.53. The van der Waals surface area contributed by atoms with E-state index >= 15 is 0 Å². The number of benzene rings is 2. The first-order valence-corrected chi connectivity index (χ1v) is 8.68. The number of halogens is 1. The van der Waals surface area contributed by atoms with Crippen LogP contribution in [-0.2, 0) is 14.3 Å². The van der Waals surface area contributed by atoms with Gasteiger partial charge in [-0.1, -0.05) is 29.8 Å².